The number of hydrogen-bond donors (Lipinski definition) is 27. The average molecular weight is 1620 g/mol. The molecule has 0 aromatic carbocycles. The van der Waals surface area contributed by atoms with E-state index in [1.165, 1.54) is 6.92 Å². The first-order chi connectivity index (χ1) is 52.2. The summed E-state index contributed by atoms with van der Waals surface area (Å²) in [7, 11) is 1.12. The summed E-state index contributed by atoms with van der Waals surface area (Å²) in [6.07, 6.45) is -88.1. The first kappa shape index (κ1) is 88.8. The Labute approximate surface area is 622 Å². The first-order valence-electron chi connectivity index (χ1n) is 35.4. The van der Waals surface area contributed by atoms with Crippen LogP contribution in [0.2, 0.25) is 0 Å². The lowest BCUT2D eigenvalue weighted by Gasteiger charge is -2.50. The SMILES string of the molecule is CO[C@H]1[C@@H](O)[C@H](O[C@H]2[C@@H](O)[C@@H](CO)O[C@@H](O[C@@H]3[C@@H](O)[C@H](O[C@H]4[C@H](O)[C@@H](O)[C@@H](O[C@H]5O[C@H](CO)[C@@H](O)[C@H](O)[C@H]5O)O[C@@H]4CO)O[C@H](CO)[C@H]3O)[C@@H]2O)O[C@@H](C)[C@@H]1O[C@H]1OC[C@H](O[C@H]2OC[C@H](O[C@H]3OC[C@H](O[C@H]4OC[C@H](O[C@H]5OC[C@H](O[C@H]6OC[C@H](O)[C@@H](O)[C@@H]6O)[C@@H](O)[C@@H]5O)[C@@H](O)[C@@H]4O)[C@@H](O)[C@@H]3O)[C@@H](O)[C@@H]2O)[C@@H](O)[C@@H]1O. The van der Waals surface area contributed by atoms with Crippen LogP contribution >= 0.6 is 0 Å². The molecule has 0 spiro atoms. The first-order valence-corrected chi connectivity index (χ1v) is 35.4. The number of aliphatic hydroxyl groups excluding tert-OH is 27. The molecule has 0 bridgehead atoms. The molecule has 0 saturated carbocycles. The molecule has 11 saturated heterocycles. The van der Waals surface area contributed by atoms with Crippen molar-refractivity contribution < 1.29 is 242 Å². The summed E-state index contributed by atoms with van der Waals surface area (Å²) < 4.78 is 124. The Kier molecular flexibility index (Phi) is 31.0. The van der Waals surface area contributed by atoms with Gasteiger partial charge in [-0.25, -0.2) is 0 Å². The Hall–Kier alpha value is -1.96. The zero-order valence-corrected chi connectivity index (χ0v) is 58.4. The molecule has 49 heteroatoms. The summed E-state index contributed by atoms with van der Waals surface area (Å²) in [5, 5.41) is 292. The summed E-state index contributed by atoms with van der Waals surface area (Å²) in [5.41, 5.74) is 0. The molecule has 0 aromatic heterocycles. The van der Waals surface area contributed by atoms with Gasteiger partial charge < -0.3 is 242 Å². The molecule has 49 atom stereocenters. The van der Waals surface area contributed by atoms with Gasteiger partial charge in [0.2, 0.25) is 0 Å². The monoisotopic (exact) mass is 1620 g/mol. The summed E-state index contributed by atoms with van der Waals surface area (Å²) in [6, 6.07) is 0. The van der Waals surface area contributed by atoms with Crippen LogP contribution in [0.3, 0.4) is 0 Å². The molecular formula is C61H102O49. The molecule has 110 heavy (non-hydrogen) atoms. The van der Waals surface area contributed by atoms with Gasteiger partial charge in [-0.05, 0) is 6.92 Å². The highest BCUT2D eigenvalue weighted by atomic mass is 16.8. The highest BCUT2D eigenvalue weighted by molar-refractivity contribution is 5.01. The van der Waals surface area contributed by atoms with E-state index in [0.717, 1.165) is 7.11 Å². The van der Waals surface area contributed by atoms with Crippen molar-refractivity contribution in [3.05, 3.63) is 0 Å². The van der Waals surface area contributed by atoms with Gasteiger partial charge in [-0.15, -0.1) is 0 Å². The molecule has 0 aromatic rings. The van der Waals surface area contributed by atoms with Crippen LogP contribution in [0.15, 0.2) is 0 Å². The van der Waals surface area contributed by atoms with Crippen LogP contribution in [0, 0.1) is 0 Å². The van der Waals surface area contributed by atoms with Gasteiger partial charge in [0.25, 0.3) is 0 Å². The minimum absolute atomic E-state index is 0.410. The second kappa shape index (κ2) is 38.4. The lowest BCUT2D eigenvalue weighted by atomic mass is 9.95. The van der Waals surface area contributed by atoms with E-state index in [1.807, 2.05) is 0 Å². The van der Waals surface area contributed by atoms with Crippen LogP contribution in [-0.2, 0) is 104 Å². The Balaban J connectivity index is 0.623. The third-order valence-corrected chi connectivity index (χ3v) is 20.9. The molecule has 0 aliphatic carbocycles. The summed E-state index contributed by atoms with van der Waals surface area (Å²) in [6.45, 7) is -5.78. The zero-order valence-electron chi connectivity index (χ0n) is 58.4. The number of rotatable bonds is 25. The Bertz CT molecular complexity index is 2780. The molecular weight excluding hydrogens is 1520 g/mol. The molecule has 11 aliphatic rings. The fourth-order valence-corrected chi connectivity index (χ4v) is 14.3. The van der Waals surface area contributed by atoms with Crippen molar-refractivity contribution in [1.82, 2.24) is 0 Å². The molecule has 11 fully saturated rings. The molecule has 0 unspecified atom stereocenters. The van der Waals surface area contributed by atoms with Crippen molar-refractivity contribution in [3.63, 3.8) is 0 Å². The highest BCUT2D eigenvalue weighted by Gasteiger charge is 2.60. The van der Waals surface area contributed by atoms with E-state index in [4.69, 9.17) is 104 Å². The maximum atomic E-state index is 11.8. The van der Waals surface area contributed by atoms with Gasteiger partial charge >= 0.3 is 0 Å². The normalized spacial score (nSPS) is 54.2. The maximum Gasteiger partial charge on any atom is 0.189 e. The van der Waals surface area contributed by atoms with Gasteiger partial charge in [0, 0.05) is 7.11 Å². The lowest BCUT2D eigenvalue weighted by molar-refractivity contribution is -0.401. The number of aliphatic hydroxyl groups is 27. The minimum atomic E-state index is -2.23. The van der Waals surface area contributed by atoms with E-state index < -0.39 is 367 Å². The van der Waals surface area contributed by atoms with Crippen LogP contribution in [0.5, 0.6) is 0 Å². The van der Waals surface area contributed by atoms with E-state index in [2.05, 4.69) is 0 Å². The predicted octanol–water partition coefficient (Wildman–Crippen LogP) is -19.5. The molecule has 640 valence electrons. The molecule has 49 nitrogen and oxygen atoms in total. The van der Waals surface area contributed by atoms with Crippen molar-refractivity contribution in [2.24, 2.45) is 0 Å². The van der Waals surface area contributed by atoms with E-state index in [9.17, 15) is 138 Å². The summed E-state index contributed by atoms with van der Waals surface area (Å²) in [5.74, 6) is 0. The van der Waals surface area contributed by atoms with Gasteiger partial charge in [0.05, 0.1) is 72.2 Å². The molecule has 0 radical (unpaired) electrons. The van der Waals surface area contributed by atoms with E-state index >= 15 is 0 Å². The van der Waals surface area contributed by atoms with Gasteiger partial charge in [-0.1, -0.05) is 0 Å². The third kappa shape index (κ3) is 18.7. The van der Waals surface area contributed by atoms with Gasteiger partial charge in [0.1, 0.15) is 226 Å². The van der Waals surface area contributed by atoms with Crippen LogP contribution in [0.4, 0.5) is 0 Å². The topological polar surface area (TPSA) is 749 Å². The van der Waals surface area contributed by atoms with E-state index in [-0.39, 0.29) is 0 Å². The van der Waals surface area contributed by atoms with Crippen molar-refractivity contribution >= 4 is 0 Å². The van der Waals surface area contributed by atoms with Crippen LogP contribution in [0.1, 0.15) is 6.92 Å². The molecule has 11 rings (SSSR count). The van der Waals surface area contributed by atoms with Gasteiger partial charge in [-0.2, -0.15) is 0 Å². The maximum absolute atomic E-state index is 11.8. The highest BCUT2D eigenvalue weighted by Crippen LogP contribution is 2.39. The summed E-state index contributed by atoms with van der Waals surface area (Å²) >= 11 is 0. The summed E-state index contributed by atoms with van der Waals surface area (Å²) in [4.78, 5) is 0. The van der Waals surface area contributed by atoms with E-state index in [0.29, 0.717) is 0 Å². The largest absolute Gasteiger partial charge is 0.394 e. The second-order valence-electron chi connectivity index (χ2n) is 28.3. The predicted molar refractivity (Wildman–Crippen MR) is 330 cm³/mol. The zero-order chi connectivity index (χ0) is 79.9. The fourth-order valence-electron chi connectivity index (χ4n) is 14.3. The molecule has 27 N–H and O–H groups in total. The van der Waals surface area contributed by atoms with Crippen LogP contribution < -0.4 is 0 Å². The van der Waals surface area contributed by atoms with Gasteiger partial charge in [-0.3, -0.25) is 0 Å². The van der Waals surface area contributed by atoms with Crippen LogP contribution in [-0.4, -0.2) is 512 Å². The van der Waals surface area contributed by atoms with Crippen LogP contribution in [0.25, 0.3) is 0 Å². The van der Waals surface area contributed by atoms with Crippen molar-refractivity contribution in [3.8, 4) is 0 Å². The Morgan fingerprint density at radius 3 is 0.836 bits per heavy atom. The van der Waals surface area contributed by atoms with Crippen molar-refractivity contribution in [2.45, 2.75) is 308 Å². The second-order valence-corrected chi connectivity index (χ2v) is 28.3. The molecule has 11 heterocycles. The Morgan fingerprint density at radius 2 is 0.482 bits per heavy atom. The quantitative estimate of drug-likeness (QED) is 0.0404. The number of methoxy groups -OCH3 is 1. The lowest BCUT2D eigenvalue weighted by Crippen LogP contribution is -2.68. The number of hydrogen-bond acceptors (Lipinski definition) is 49. The van der Waals surface area contributed by atoms with E-state index in [1.54, 1.807) is 0 Å². The smallest absolute Gasteiger partial charge is 0.189 e. The number of ether oxygens (including phenoxy) is 22. The third-order valence-electron chi connectivity index (χ3n) is 20.9. The van der Waals surface area contributed by atoms with Gasteiger partial charge in [0.15, 0.2) is 69.2 Å². The molecule has 0 amide bonds. The fraction of sp³-hybridized carbons (Fsp3) is 1.00. The standard InChI is InChI=1S/C61H102O49/c1-13-46(50(89-2)45(88)59(96-13)108-48-31(74)17(5-64)99-61(44(48)87)109-49-32(75)16(4-63)98-60(43(49)86)107-47-18(6-65)100-58(42(85)34(47)77)110-57-41(84)33(76)25(68)15(3-62)97-57)106-56-40(83)30(73)23(12-95-56)105-55-39(82)29(72)22(11-94-55)104-54-38(81)28(71)21(10-93-54)103-53-37(80)27(70)20(9-92-53)102-52-36(79)26(69)19(8-91-52)101-51-35(78)24(67)14(66)7-90-51/h13-88H,3-12H2,1-2H3/t13-,14-,15+,16+,17+,18+,19-,20-,21-,22-,23-,24+,25+,26+,27+,28+,29+,30+,31-,32+,33-,34+,35-,36-,37-,38-,39-,40-,41+,42+,43+,44+,45+,46-,47+,48-,49-,50-,51+,52+,53+,54+,55+,56+,57+,58+,59-,60-,61-/m0/s1. The van der Waals surface area contributed by atoms with Crippen molar-refractivity contribution in [2.75, 3.05) is 73.2 Å². The minimum Gasteiger partial charge on any atom is -0.394 e. The molecule has 11 aliphatic heterocycles. The average Bonchev–Trinajstić information content (AvgIpc) is 0.770. The Morgan fingerprint density at radius 1 is 0.218 bits per heavy atom. The van der Waals surface area contributed by atoms with Crippen molar-refractivity contribution in [1.29, 1.82) is 0 Å².